The van der Waals surface area contributed by atoms with Gasteiger partial charge in [-0.1, -0.05) is 6.92 Å². The molecule has 0 unspecified atom stereocenters. The lowest BCUT2D eigenvalue weighted by Gasteiger charge is -2.31. The van der Waals surface area contributed by atoms with Gasteiger partial charge in [0.15, 0.2) is 0 Å². The SMILES string of the molecule is CCCN1CCCc2cc(N=Nc3ccc([N+](=O)[O-])cc3)ccc21. The number of aryl methyl sites for hydroxylation is 1. The molecule has 0 spiro atoms. The second kappa shape index (κ2) is 7.21. The minimum atomic E-state index is -0.424. The van der Waals surface area contributed by atoms with Gasteiger partial charge in [0.05, 0.1) is 16.3 Å². The number of azo groups is 1. The number of hydrogen-bond donors (Lipinski definition) is 0. The third-order valence-corrected chi connectivity index (χ3v) is 4.11. The zero-order valence-corrected chi connectivity index (χ0v) is 13.7. The first-order valence-corrected chi connectivity index (χ1v) is 8.21. The van der Waals surface area contributed by atoms with Crippen molar-refractivity contribution in [3.8, 4) is 0 Å². The van der Waals surface area contributed by atoms with E-state index in [2.05, 4.69) is 34.2 Å². The van der Waals surface area contributed by atoms with Crippen LogP contribution in [0, 0.1) is 10.1 Å². The van der Waals surface area contributed by atoms with E-state index in [1.807, 2.05) is 6.07 Å². The van der Waals surface area contributed by atoms with Crippen LogP contribution < -0.4 is 4.90 Å². The molecule has 1 aliphatic rings. The van der Waals surface area contributed by atoms with Gasteiger partial charge < -0.3 is 4.90 Å². The Morgan fingerprint density at radius 2 is 1.83 bits per heavy atom. The Kier molecular flexibility index (Phi) is 4.84. The zero-order chi connectivity index (χ0) is 16.9. The molecule has 3 rings (SSSR count). The first kappa shape index (κ1) is 16.1. The zero-order valence-electron chi connectivity index (χ0n) is 13.7. The lowest BCUT2D eigenvalue weighted by atomic mass is 10.0. The number of nitro benzene ring substituents is 1. The van der Waals surface area contributed by atoms with Crippen molar-refractivity contribution < 1.29 is 4.92 Å². The van der Waals surface area contributed by atoms with Gasteiger partial charge in [-0.3, -0.25) is 10.1 Å². The van der Waals surface area contributed by atoms with Crippen molar-refractivity contribution in [2.75, 3.05) is 18.0 Å². The molecule has 24 heavy (non-hydrogen) atoms. The maximum atomic E-state index is 10.6. The molecule has 2 aromatic carbocycles. The second-order valence-electron chi connectivity index (χ2n) is 5.88. The van der Waals surface area contributed by atoms with Crippen molar-refractivity contribution in [3.63, 3.8) is 0 Å². The minimum Gasteiger partial charge on any atom is -0.371 e. The van der Waals surface area contributed by atoms with Crippen LogP contribution in [0.1, 0.15) is 25.3 Å². The van der Waals surface area contributed by atoms with E-state index >= 15 is 0 Å². The number of benzene rings is 2. The molecule has 0 amide bonds. The fourth-order valence-electron chi connectivity index (χ4n) is 2.98. The average molecular weight is 324 g/mol. The van der Waals surface area contributed by atoms with E-state index in [0.29, 0.717) is 5.69 Å². The molecule has 2 aromatic rings. The Labute approximate surface area is 141 Å². The molecule has 0 fully saturated rings. The minimum absolute atomic E-state index is 0.0544. The molecule has 1 aliphatic heterocycles. The van der Waals surface area contributed by atoms with Gasteiger partial charge in [-0.2, -0.15) is 10.2 Å². The van der Waals surface area contributed by atoms with E-state index in [-0.39, 0.29) is 5.69 Å². The van der Waals surface area contributed by atoms with Crippen molar-refractivity contribution in [1.82, 2.24) is 0 Å². The third kappa shape index (κ3) is 3.59. The Morgan fingerprint density at radius 3 is 2.54 bits per heavy atom. The first-order valence-electron chi connectivity index (χ1n) is 8.21. The number of fused-ring (bicyclic) bond motifs is 1. The van der Waals surface area contributed by atoms with Gasteiger partial charge in [-0.05, 0) is 55.2 Å². The van der Waals surface area contributed by atoms with Gasteiger partial charge in [-0.25, -0.2) is 0 Å². The highest BCUT2D eigenvalue weighted by atomic mass is 16.6. The summed E-state index contributed by atoms with van der Waals surface area (Å²) in [6.45, 7) is 4.39. The maximum Gasteiger partial charge on any atom is 0.269 e. The Bertz CT molecular complexity index is 756. The van der Waals surface area contributed by atoms with E-state index in [1.54, 1.807) is 12.1 Å². The smallest absolute Gasteiger partial charge is 0.269 e. The van der Waals surface area contributed by atoms with E-state index in [9.17, 15) is 10.1 Å². The molecule has 0 aliphatic carbocycles. The fourth-order valence-corrected chi connectivity index (χ4v) is 2.98. The predicted molar refractivity (Wildman–Crippen MR) is 94.5 cm³/mol. The largest absolute Gasteiger partial charge is 0.371 e. The Morgan fingerprint density at radius 1 is 1.12 bits per heavy atom. The quantitative estimate of drug-likeness (QED) is 0.432. The summed E-state index contributed by atoms with van der Waals surface area (Å²) in [7, 11) is 0. The van der Waals surface area contributed by atoms with E-state index in [0.717, 1.165) is 38.0 Å². The molecule has 1 heterocycles. The molecule has 0 saturated heterocycles. The molecular formula is C18H20N4O2. The summed E-state index contributed by atoms with van der Waals surface area (Å²) in [5.74, 6) is 0. The van der Waals surface area contributed by atoms with E-state index in [4.69, 9.17) is 0 Å². The summed E-state index contributed by atoms with van der Waals surface area (Å²) in [5, 5.41) is 19.1. The monoisotopic (exact) mass is 324 g/mol. The van der Waals surface area contributed by atoms with Crippen LogP contribution >= 0.6 is 0 Å². The molecule has 124 valence electrons. The Hall–Kier alpha value is -2.76. The summed E-state index contributed by atoms with van der Waals surface area (Å²) in [6, 6.07) is 12.3. The van der Waals surface area contributed by atoms with Gasteiger partial charge in [-0.15, -0.1) is 0 Å². The summed E-state index contributed by atoms with van der Waals surface area (Å²) in [6.07, 6.45) is 3.37. The van der Waals surface area contributed by atoms with Crippen molar-refractivity contribution in [3.05, 3.63) is 58.1 Å². The molecular weight excluding hydrogens is 304 g/mol. The predicted octanol–water partition coefficient (Wildman–Crippen LogP) is 5.17. The van der Waals surface area contributed by atoms with Crippen molar-refractivity contribution in [2.45, 2.75) is 26.2 Å². The summed E-state index contributed by atoms with van der Waals surface area (Å²) >= 11 is 0. The van der Waals surface area contributed by atoms with Crippen LogP contribution in [0.3, 0.4) is 0 Å². The molecule has 0 N–H and O–H groups in total. The lowest BCUT2D eigenvalue weighted by Crippen LogP contribution is -2.29. The molecule has 0 saturated carbocycles. The highest BCUT2D eigenvalue weighted by Crippen LogP contribution is 2.31. The number of nitrogens with zero attached hydrogens (tertiary/aromatic N) is 4. The topological polar surface area (TPSA) is 71.1 Å². The van der Waals surface area contributed by atoms with Crippen LogP contribution in [0.2, 0.25) is 0 Å². The van der Waals surface area contributed by atoms with Gasteiger partial charge in [0.25, 0.3) is 5.69 Å². The van der Waals surface area contributed by atoms with Gasteiger partial charge in [0.2, 0.25) is 0 Å². The summed E-state index contributed by atoms with van der Waals surface area (Å²) in [4.78, 5) is 12.7. The van der Waals surface area contributed by atoms with Crippen LogP contribution in [0.5, 0.6) is 0 Å². The van der Waals surface area contributed by atoms with Crippen LogP contribution in [-0.4, -0.2) is 18.0 Å². The molecule has 6 nitrogen and oxygen atoms in total. The number of nitro groups is 1. The van der Waals surface area contributed by atoms with Crippen LogP contribution in [0.15, 0.2) is 52.7 Å². The van der Waals surface area contributed by atoms with Crippen LogP contribution in [0.4, 0.5) is 22.7 Å². The second-order valence-corrected chi connectivity index (χ2v) is 5.88. The third-order valence-electron chi connectivity index (χ3n) is 4.11. The Balaban J connectivity index is 1.77. The molecule has 0 bridgehead atoms. The van der Waals surface area contributed by atoms with Crippen molar-refractivity contribution in [1.29, 1.82) is 0 Å². The molecule has 0 aromatic heterocycles. The maximum absolute atomic E-state index is 10.6. The highest BCUT2D eigenvalue weighted by molar-refractivity contribution is 5.60. The van der Waals surface area contributed by atoms with Gasteiger partial charge >= 0.3 is 0 Å². The van der Waals surface area contributed by atoms with Gasteiger partial charge in [0.1, 0.15) is 0 Å². The number of rotatable bonds is 5. The van der Waals surface area contributed by atoms with Crippen molar-refractivity contribution in [2.24, 2.45) is 10.2 Å². The van der Waals surface area contributed by atoms with Gasteiger partial charge in [0, 0.05) is 30.9 Å². The lowest BCUT2D eigenvalue weighted by molar-refractivity contribution is -0.384. The summed E-state index contributed by atoms with van der Waals surface area (Å²) < 4.78 is 0. The van der Waals surface area contributed by atoms with Crippen LogP contribution in [0.25, 0.3) is 0 Å². The number of non-ortho nitro benzene ring substituents is 1. The van der Waals surface area contributed by atoms with Crippen LogP contribution in [-0.2, 0) is 6.42 Å². The molecule has 0 atom stereocenters. The fraction of sp³-hybridized carbons (Fsp3) is 0.333. The van der Waals surface area contributed by atoms with E-state index in [1.165, 1.54) is 23.4 Å². The highest BCUT2D eigenvalue weighted by Gasteiger charge is 2.16. The molecule has 0 radical (unpaired) electrons. The average Bonchev–Trinajstić information content (AvgIpc) is 2.60. The standard InChI is InChI=1S/C18H20N4O2/c1-2-11-21-12-3-4-14-13-16(7-10-18(14)21)20-19-15-5-8-17(9-6-15)22(23)24/h5-10,13H,2-4,11-12H2,1H3. The number of hydrogen-bond acceptors (Lipinski definition) is 5. The van der Waals surface area contributed by atoms with E-state index < -0.39 is 4.92 Å². The normalized spacial score (nSPS) is 14.0. The van der Waals surface area contributed by atoms with Crippen molar-refractivity contribution >= 4 is 22.7 Å². The molecule has 6 heteroatoms. The number of anilines is 1. The summed E-state index contributed by atoms with van der Waals surface area (Å²) in [5.41, 5.74) is 4.09. The first-order chi connectivity index (χ1) is 11.7.